The molecule has 0 atom stereocenters. The van der Waals surface area contributed by atoms with Gasteiger partial charge in [-0.15, -0.1) is 11.3 Å². The van der Waals surface area contributed by atoms with E-state index in [1.807, 2.05) is 12.1 Å². The van der Waals surface area contributed by atoms with E-state index < -0.39 is 0 Å². The topological polar surface area (TPSA) is 96.9 Å². The highest BCUT2D eigenvalue weighted by Crippen LogP contribution is 2.39. The van der Waals surface area contributed by atoms with Crippen LogP contribution in [-0.2, 0) is 0 Å². The van der Waals surface area contributed by atoms with Gasteiger partial charge in [-0.3, -0.25) is 9.59 Å². The number of aromatic nitrogens is 3. The molecule has 0 unspecified atom stereocenters. The van der Waals surface area contributed by atoms with E-state index in [9.17, 15) is 9.59 Å². The minimum atomic E-state index is -0.325. The first-order valence-electron chi connectivity index (χ1n) is 8.55. The monoisotopic (exact) mass is 379 g/mol. The minimum absolute atomic E-state index is 0.0270. The summed E-state index contributed by atoms with van der Waals surface area (Å²) in [4.78, 5) is 37.5. The first kappa shape index (κ1) is 17.3. The molecule has 1 saturated carbocycles. The van der Waals surface area contributed by atoms with Crippen molar-refractivity contribution in [2.45, 2.75) is 25.7 Å². The molecule has 1 aliphatic rings. The second-order valence-electron chi connectivity index (χ2n) is 6.33. The third kappa shape index (κ3) is 4.01. The van der Waals surface area contributed by atoms with Gasteiger partial charge in [-0.1, -0.05) is 0 Å². The van der Waals surface area contributed by atoms with Gasteiger partial charge in [0, 0.05) is 11.6 Å². The molecule has 1 amide bonds. The van der Waals surface area contributed by atoms with Crippen LogP contribution in [0.3, 0.4) is 0 Å². The van der Waals surface area contributed by atoms with Gasteiger partial charge < -0.3 is 10.6 Å². The van der Waals surface area contributed by atoms with Crippen molar-refractivity contribution in [2.75, 3.05) is 10.6 Å². The molecule has 4 rings (SSSR count). The van der Waals surface area contributed by atoms with E-state index in [0.717, 1.165) is 18.5 Å². The molecule has 0 spiro atoms. The predicted octanol–water partition coefficient (Wildman–Crippen LogP) is 4.01. The summed E-state index contributed by atoms with van der Waals surface area (Å²) in [5.41, 5.74) is 2.48. The molecule has 0 aromatic carbocycles. The average Bonchev–Trinajstić information content (AvgIpc) is 3.41. The summed E-state index contributed by atoms with van der Waals surface area (Å²) in [5, 5.41) is 6.60. The quantitative estimate of drug-likeness (QED) is 0.628. The zero-order valence-corrected chi connectivity index (χ0v) is 15.4. The number of carbonyl (C=O) groups excluding carboxylic acids is 2. The zero-order valence-electron chi connectivity index (χ0n) is 14.6. The Morgan fingerprint density at radius 3 is 2.56 bits per heavy atom. The molecule has 8 heteroatoms. The molecular weight excluding hydrogens is 362 g/mol. The number of hydrogen-bond donors (Lipinski definition) is 2. The Kier molecular flexibility index (Phi) is 4.64. The SMILES string of the molecule is CC(=O)c1ccc(NC(=O)c2nc(C3CC3)ccc2Nc2cncnc2)s1. The lowest BCUT2D eigenvalue weighted by Crippen LogP contribution is -2.16. The summed E-state index contributed by atoms with van der Waals surface area (Å²) in [6.45, 7) is 1.50. The number of pyridine rings is 1. The third-order valence-corrected chi connectivity index (χ3v) is 5.26. The van der Waals surface area contributed by atoms with Crippen LogP contribution in [0.5, 0.6) is 0 Å². The Labute approximate surface area is 159 Å². The molecule has 3 aromatic heterocycles. The average molecular weight is 379 g/mol. The number of nitrogens with zero attached hydrogens (tertiary/aromatic N) is 3. The van der Waals surface area contributed by atoms with Crippen LogP contribution >= 0.6 is 11.3 Å². The molecular formula is C19H17N5O2S. The molecule has 0 aliphatic heterocycles. The highest BCUT2D eigenvalue weighted by atomic mass is 32.1. The molecule has 7 nitrogen and oxygen atoms in total. The van der Waals surface area contributed by atoms with Crippen molar-refractivity contribution in [3.05, 3.63) is 59.3 Å². The Morgan fingerprint density at radius 2 is 1.89 bits per heavy atom. The molecule has 27 heavy (non-hydrogen) atoms. The van der Waals surface area contributed by atoms with Gasteiger partial charge in [-0.05, 0) is 44.0 Å². The number of nitrogens with one attached hydrogen (secondary N) is 2. The molecule has 0 saturated heterocycles. The second kappa shape index (κ2) is 7.24. The van der Waals surface area contributed by atoms with E-state index >= 15 is 0 Å². The lowest BCUT2D eigenvalue weighted by molar-refractivity contribution is 0.101. The van der Waals surface area contributed by atoms with E-state index in [1.165, 1.54) is 24.6 Å². The van der Waals surface area contributed by atoms with Crippen LogP contribution in [0.4, 0.5) is 16.4 Å². The van der Waals surface area contributed by atoms with Crippen molar-refractivity contribution in [1.29, 1.82) is 0 Å². The van der Waals surface area contributed by atoms with Crippen molar-refractivity contribution in [2.24, 2.45) is 0 Å². The van der Waals surface area contributed by atoms with Crippen LogP contribution in [0.15, 0.2) is 43.0 Å². The molecule has 0 bridgehead atoms. The van der Waals surface area contributed by atoms with E-state index in [2.05, 4.69) is 25.6 Å². The molecule has 2 N–H and O–H groups in total. The van der Waals surface area contributed by atoms with Crippen molar-refractivity contribution >= 4 is 39.4 Å². The Balaban J connectivity index is 1.62. The number of ketones is 1. The number of amides is 1. The number of rotatable bonds is 6. The van der Waals surface area contributed by atoms with E-state index in [0.29, 0.717) is 32.9 Å². The van der Waals surface area contributed by atoms with Gasteiger partial charge in [0.15, 0.2) is 11.5 Å². The van der Waals surface area contributed by atoms with Crippen LogP contribution < -0.4 is 10.6 Å². The van der Waals surface area contributed by atoms with Gasteiger partial charge in [0.25, 0.3) is 5.91 Å². The number of anilines is 3. The maximum absolute atomic E-state index is 12.9. The molecule has 136 valence electrons. The Bertz CT molecular complexity index is 998. The molecule has 1 aliphatic carbocycles. The summed E-state index contributed by atoms with van der Waals surface area (Å²) in [5.74, 6) is 0.0753. The van der Waals surface area contributed by atoms with Gasteiger partial charge in [-0.2, -0.15) is 0 Å². The number of hydrogen-bond acceptors (Lipinski definition) is 7. The van der Waals surface area contributed by atoms with Crippen molar-refractivity contribution in [3.8, 4) is 0 Å². The first-order chi connectivity index (χ1) is 13.1. The lowest BCUT2D eigenvalue weighted by atomic mass is 10.2. The molecule has 0 radical (unpaired) electrons. The number of carbonyl (C=O) groups is 2. The highest BCUT2D eigenvalue weighted by Gasteiger charge is 2.27. The summed E-state index contributed by atoms with van der Waals surface area (Å²) >= 11 is 1.25. The minimum Gasteiger partial charge on any atom is -0.351 e. The van der Waals surface area contributed by atoms with Crippen LogP contribution in [-0.4, -0.2) is 26.6 Å². The van der Waals surface area contributed by atoms with Crippen molar-refractivity contribution in [3.63, 3.8) is 0 Å². The maximum Gasteiger partial charge on any atom is 0.277 e. The fraction of sp³-hybridized carbons (Fsp3) is 0.211. The maximum atomic E-state index is 12.9. The van der Waals surface area contributed by atoms with Crippen LogP contribution in [0.2, 0.25) is 0 Å². The van der Waals surface area contributed by atoms with E-state index in [4.69, 9.17) is 0 Å². The standard InChI is InChI=1S/C19H17N5O2S/c1-11(25)16-6-7-17(27-16)24-19(26)18-15(22-13-8-20-10-21-9-13)5-4-14(23-18)12-2-3-12/h4-10,12,22H,2-3H2,1H3,(H,24,26). The smallest absolute Gasteiger partial charge is 0.277 e. The van der Waals surface area contributed by atoms with Gasteiger partial charge in [0.05, 0.1) is 33.6 Å². The van der Waals surface area contributed by atoms with Gasteiger partial charge in [-0.25, -0.2) is 15.0 Å². The highest BCUT2D eigenvalue weighted by molar-refractivity contribution is 7.18. The van der Waals surface area contributed by atoms with E-state index in [-0.39, 0.29) is 11.7 Å². The van der Waals surface area contributed by atoms with Gasteiger partial charge in [0.2, 0.25) is 0 Å². The van der Waals surface area contributed by atoms with Gasteiger partial charge in [0.1, 0.15) is 6.33 Å². The van der Waals surface area contributed by atoms with Crippen molar-refractivity contribution in [1.82, 2.24) is 15.0 Å². The van der Waals surface area contributed by atoms with Gasteiger partial charge >= 0.3 is 0 Å². The fourth-order valence-electron chi connectivity index (χ4n) is 2.64. The Morgan fingerprint density at radius 1 is 1.11 bits per heavy atom. The fourth-order valence-corrected chi connectivity index (χ4v) is 3.44. The number of thiophene rings is 1. The van der Waals surface area contributed by atoms with Crippen LogP contribution in [0.25, 0.3) is 0 Å². The summed E-state index contributed by atoms with van der Waals surface area (Å²) in [6, 6.07) is 7.23. The van der Waals surface area contributed by atoms with Crippen LogP contribution in [0.1, 0.15) is 51.5 Å². The normalized spacial score (nSPS) is 13.2. The largest absolute Gasteiger partial charge is 0.351 e. The Hall–Kier alpha value is -3.13. The molecule has 3 aromatic rings. The number of Topliss-reactive ketones (excluding diaryl/α,β-unsaturated/α-hetero) is 1. The summed E-state index contributed by atoms with van der Waals surface area (Å²) in [7, 11) is 0. The zero-order chi connectivity index (χ0) is 18.8. The summed E-state index contributed by atoms with van der Waals surface area (Å²) < 4.78 is 0. The lowest BCUT2D eigenvalue weighted by Gasteiger charge is -2.12. The molecule has 3 heterocycles. The predicted molar refractivity (Wildman–Crippen MR) is 104 cm³/mol. The van der Waals surface area contributed by atoms with Crippen molar-refractivity contribution < 1.29 is 9.59 Å². The third-order valence-electron chi connectivity index (χ3n) is 4.16. The summed E-state index contributed by atoms with van der Waals surface area (Å²) in [6.07, 6.45) is 6.89. The second-order valence-corrected chi connectivity index (χ2v) is 7.42. The molecule has 1 fully saturated rings. The van der Waals surface area contributed by atoms with E-state index in [1.54, 1.807) is 24.5 Å². The van der Waals surface area contributed by atoms with Crippen LogP contribution in [0, 0.1) is 0 Å². The first-order valence-corrected chi connectivity index (χ1v) is 9.37.